The summed E-state index contributed by atoms with van der Waals surface area (Å²) in [5, 5.41) is 13.2. The first-order valence-corrected chi connectivity index (χ1v) is 13.0. The first kappa shape index (κ1) is 26.7. The molecule has 0 N–H and O–H groups in total. The Balaban J connectivity index is 1.58. The fraction of sp³-hybridized carbons (Fsp3) is 0.308. The maximum atomic E-state index is 13.6. The summed E-state index contributed by atoms with van der Waals surface area (Å²) < 4.78 is 19.1. The molecule has 3 aromatic rings. The smallest absolute Gasteiger partial charge is 0.288 e. The van der Waals surface area contributed by atoms with Crippen LogP contribution in [0.15, 0.2) is 60.0 Å². The molecule has 4 rings (SSSR count). The lowest BCUT2D eigenvalue weighted by atomic mass is 10.1. The number of ether oxygens (including phenoxy) is 1. The van der Waals surface area contributed by atoms with Gasteiger partial charge in [-0.15, -0.1) is 11.3 Å². The highest BCUT2D eigenvalue weighted by Gasteiger charge is 2.28. The molecule has 2 heterocycles. The molecule has 1 aromatic heterocycles. The van der Waals surface area contributed by atoms with Crippen molar-refractivity contribution in [3.8, 4) is 0 Å². The van der Waals surface area contributed by atoms with Crippen molar-refractivity contribution in [3.63, 3.8) is 0 Å². The van der Waals surface area contributed by atoms with Crippen LogP contribution < -0.4 is 0 Å². The van der Waals surface area contributed by atoms with E-state index in [1.807, 2.05) is 17.5 Å². The van der Waals surface area contributed by atoms with Crippen molar-refractivity contribution in [1.82, 2.24) is 9.80 Å². The Morgan fingerprint density at radius 1 is 1.14 bits per heavy atom. The molecule has 2 amide bonds. The highest BCUT2D eigenvalue weighted by Crippen LogP contribution is 2.26. The van der Waals surface area contributed by atoms with E-state index in [0.29, 0.717) is 13.2 Å². The van der Waals surface area contributed by atoms with E-state index >= 15 is 0 Å². The van der Waals surface area contributed by atoms with Crippen LogP contribution in [0.4, 0.5) is 10.1 Å². The van der Waals surface area contributed by atoms with Gasteiger partial charge in [-0.25, -0.2) is 4.39 Å². The Hall–Kier alpha value is -3.34. The van der Waals surface area contributed by atoms with Crippen LogP contribution in [0.25, 0.3) is 0 Å². The van der Waals surface area contributed by atoms with E-state index < -0.39 is 10.8 Å². The summed E-state index contributed by atoms with van der Waals surface area (Å²) in [7, 11) is 0. The minimum absolute atomic E-state index is 0.0604. The second-order valence-electron chi connectivity index (χ2n) is 8.70. The van der Waals surface area contributed by atoms with Gasteiger partial charge >= 0.3 is 0 Å². The summed E-state index contributed by atoms with van der Waals surface area (Å²) in [5.41, 5.74) is 0.424. The van der Waals surface area contributed by atoms with Gasteiger partial charge in [0.05, 0.1) is 17.6 Å². The number of carbonyl (C=O) groups is 2. The third-order valence-electron chi connectivity index (χ3n) is 6.02. The number of hydrogen-bond donors (Lipinski definition) is 0. The maximum absolute atomic E-state index is 13.6. The largest absolute Gasteiger partial charge is 0.376 e. The van der Waals surface area contributed by atoms with Crippen LogP contribution in [0.3, 0.4) is 0 Å². The van der Waals surface area contributed by atoms with Crippen LogP contribution in [-0.4, -0.2) is 52.3 Å². The van der Waals surface area contributed by atoms with E-state index in [-0.39, 0.29) is 53.7 Å². The highest BCUT2D eigenvalue weighted by atomic mass is 35.5. The topological polar surface area (TPSA) is 93.0 Å². The number of benzene rings is 2. The number of rotatable bonds is 10. The molecule has 0 saturated carbocycles. The minimum Gasteiger partial charge on any atom is -0.376 e. The number of nitro groups is 1. The van der Waals surface area contributed by atoms with Crippen LogP contribution in [0, 0.1) is 15.9 Å². The second kappa shape index (κ2) is 12.3. The Labute approximate surface area is 222 Å². The molecule has 1 atom stereocenters. The predicted molar refractivity (Wildman–Crippen MR) is 138 cm³/mol. The molecule has 0 spiro atoms. The van der Waals surface area contributed by atoms with Crippen molar-refractivity contribution in [2.24, 2.45) is 0 Å². The van der Waals surface area contributed by atoms with Gasteiger partial charge < -0.3 is 14.5 Å². The molecule has 1 unspecified atom stereocenters. The van der Waals surface area contributed by atoms with Crippen molar-refractivity contribution in [1.29, 1.82) is 0 Å². The fourth-order valence-corrected chi connectivity index (χ4v) is 5.02. The second-order valence-corrected chi connectivity index (χ2v) is 10.1. The van der Waals surface area contributed by atoms with Gasteiger partial charge in [0.1, 0.15) is 17.4 Å². The monoisotopic (exact) mass is 545 g/mol. The Kier molecular flexibility index (Phi) is 8.86. The van der Waals surface area contributed by atoms with Gasteiger partial charge in [0.15, 0.2) is 0 Å². The summed E-state index contributed by atoms with van der Waals surface area (Å²) in [6.07, 6.45) is 1.36. The number of thiophene rings is 1. The van der Waals surface area contributed by atoms with E-state index in [1.54, 1.807) is 17.0 Å². The van der Waals surface area contributed by atoms with E-state index in [9.17, 15) is 24.1 Å². The number of carbonyl (C=O) groups excluding carboxylic acids is 2. The Morgan fingerprint density at radius 3 is 2.57 bits per heavy atom. The molecule has 1 fully saturated rings. The van der Waals surface area contributed by atoms with Crippen LogP contribution in [0.1, 0.15) is 33.6 Å². The van der Waals surface area contributed by atoms with E-state index in [4.69, 9.17) is 16.3 Å². The van der Waals surface area contributed by atoms with Crippen LogP contribution >= 0.6 is 22.9 Å². The normalized spacial score (nSPS) is 14.9. The third kappa shape index (κ3) is 7.12. The number of amides is 2. The zero-order chi connectivity index (χ0) is 26.4. The summed E-state index contributed by atoms with van der Waals surface area (Å²) in [4.78, 5) is 41.7. The van der Waals surface area contributed by atoms with Gasteiger partial charge in [0.25, 0.3) is 11.6 Å². The van der Waals surface area contributed by atoms with Crippen molar-refractivity contribution >= 4 is 40.4 Å². The molecule has 0 radical (unpaired) electrons. The Morgan fingerprint density at radius 2 is 1.92 bits per heavy atom. The molecular formula is C26H25ClFN3O5S. The highest BCUT2D eigenvalue weighted by molar-refractivity contribution is 7.09. The fourth-order valence-electron chi connectivity index (χ4n) is 4.12. The molecule has 11 heteroatoms. The van der Waals surface area contributed by atoms with E-state index in [2.05, 4.69) is 0 Å². The van der Waals surface area contributed by atoms with Gasteiger partial charge in [-0.2, -0.15) is 0 Å². The molecule has 0 aliphatic carbocycles. The van der Waals surface area contributed by atoms with Crippen molar-refractivity contribution in [2.75, 3.05) is 19.7 Å². The van der Waals surface area contributed by atoms with E-state index in [1.165, 1.54) is 40.5 Å². The van der Waals surface area contributed by atoms with Crippen LogP contribution in [-0.2, 0) is 22.6 Å². The maximum Gasteiger partial charge on any atom is 0.288 e. The summed E-state index contributed by atoms with van der Waals surface area (Å²) in [5.74, 6) is -1.21. The van der Waals surface area contributed by atoms with Gasteiger partial charge in [0.2, 0.25) is 5.91 Å². The summed E-state index contributed by atoms with van der Waals surface area (Å²) in [6.45, 7) is 1.04. The summed E-state index contributed by atoms with van der Waals surface area (Å²) >= 11 is 7.43. The van der Waals surface area contributed by atoms with E-state index in [0.717, 1.165) is 29.3 Å². The third-order valence-corrected chi connectivity index (χ3v) is 7.20. The average Bonchev–Trinajstić information content (AvgIpc) is 3.59. The standard InChI is InChI=1S/C26H25ClFN3O5S/c27-23-10-7-19(13-24(23)31(34)35)26(33)30(15-21-3-1-11-36-21)17-25(32)29(16-22-4-2-12-37-22)14-18-5-8-20(28)9-6-18/h2,4-10,12-13,21H,1,3,11,14-17H2. The zero-order valence-corrected chi connectivity index (χ0v) is 21.4. The van der Waals surface area contributed by atoms with Gasteiger partial charge in [-0.1, -0.05) is 29.8 Å². The molecule has 2 aromatic carbocycles. The molecule has 1 aliphatic heterocycles. The summed E-state index contributed by atoms with van der Waals surface area (Å²) in [6, 6.07) is 13.5. The first-order valence-electron chi connectivity index (χ1n) is 11.7. The van der Waals surface area contributed by atoms with Crippen molar-refractivity contribution in [2.45, 2.75) is 32.0 Å². The van der Waals surface area contributed by atoms with Gasteiger partial charge in [-0.3, -0.25) is 19.7 Å². The van der Waals surface area contributed by atoms with Gasteiger partial charge in [-0.05, 0) is 54.1 Å². The number of nitrogens with zero attached hydrogens (tertiary/aromatic N) is 3. The van der Waals surface area contributed by atoms with Crippen LogP contribution in [0.5, 0.6) is 0 Å². The lowest BCUT2D eigenvalue weighted by Crippen LogP contribution is -2.45. The first-order chi connectivity index (χ1) is 17.8. The van der Waals surface area contributed by atoms with Crippen molar-refractivity contribution in [3.05, 3.63) is 96.9 Å². The SMILES string of the molecule is O=C(CN(CC1CCCO1)C(=O)c1ccc(Cl)c([N+](=O)[O-])c1)N(Cc1ccc(F)cc1)Cc1cccs1. The number of hydrogen-bond acceptors (Lipinski definition) is 6. The molecule has 1 saturated heterocycles. The number of nitro benzene ring substituents is 1. The molecule has 194 valence electrons. The predicted octanol–water partition coefficient (Wildman–Crippen LogP) is 5.30. The molecule has 0 bridgehead atoms. The van der Waals surface area contributed by atoms with Crippen LogP contribution in [0.2, 0.25) is 5.02 Å². The molecule has 8 nitrogen and oxygen atoms in total. The minimum atomic E-state index is -0.653. The lowest BCUT2D eigenvalue weighted by molar-refractivity contribution is -0.384. The average molecular weight is 546 g/mol. The number of halogens is 2. The van der Waals surface area contributed by atoms with Gasteiger partial charge in [0, 0.05) is 36.2 Å². The zero-order valence-electron chi connectivity index (χ0n) is 19.8. The molecule has 1 aliphatic rings. The molecular weight excluding hydrogens is 521 g/mol. The molecule has 37 heavy (non-hydrogen) atoms. The Bertz CT molecular complexity index is 1250. The van der Waals surface area contributed by atoms with Crippen molar-refractivity contribution < 1.29 is 23.6 Å². The lowest BCUT2D eigenvalue weighted by Gasteiger charge is -2.29. The quantitative estimate of drug-likeness (QED) is 0.255.